The fraction of sp³-hybridized carbons (Fsp3) is 0.324. The first kappa shape index (κ1) is 29.1. The fourth-order valence-electron chi connectivity index (χ4n) is 5.63. The zero-order valence-corrected chi connectivity index (χ0v) is 24.6. The highest BCUT2D eigenvalue weighted by Crippen LogP contribution is 2.48. The molecule has 3 fully saturated rings. The van der Waals surface area contributed by atoms with Crippen LogP contribution in [0.15, 0.2) is 72.9 Å². The predicted octanol–water partition coefficient (Wildman–Crippen LogP) is 6.05. The Bertz CT molecular complexity index is 1770. The number of ether oxygens (including phenoxy) is 3. The summed E-state index contributed by atoms with van der Waals surface area (Å²) in [5.74, 6) is -1.74. The summed E-state index contributed by atoms with van der Waals surface area (Å²) >= 11 is 0. The van der Waals surface area contributed by atoms with Gasteiger partial charge in [0.15, 0.2) is 11.6 Å². The van der Waals surface area contributed by atoms with Crippen molar-refractivity contribution in [1.29, 1.82) is 0 Å². The topological polar surface area (TPSA) is 102 Å². The van der Waals surface area contributed by atoms with Gasteiger partial charge in [-0.3, -0.25) is 14.6 Å². The molecule has 2 aliphatic carbocycles. The molecule has 0 radical (unpaired) electrons. The van der Waals surface area contributed by atoms with E-state index in [-0.39, 0.29) is 23.1 Å². The standard InChI is InChI=1S/C34H32F2N4O5/c1-40(18-25-19-43-20-33(45-25)11-12-33)24-7-8-26-28(17-24)37-15-10-29(26)44-30-9-6-23(16-27(30)36)39-32(42)34(13-14-34)31(41)38-22-4-2-21(35)3-5-22/h2-10,15-17,25H,11-14,18-20H2,1H3,(H,38,41)(H,39,42). The molecule has 2 amide bonds. The number of amides is 2. The Morgan fingerprint density at radius 1 is 0.933 bits per heavy atom. The summed E-state index contributed by atoms with van der Waals surface area (Å²) in [6.45, 7) is 1.92. The number of nitrogens with one attached hydrogen (secondary N) is 2. The smallest absolute Gasteiger partial charge is 0.240 e. The number of benzene rings is 3. The van der Waals surface area contributed by atoms with Gasteiger partial charge in [0, 0.05) is 48.3 Å². The maximum absolute atomic E-state index is 15.2. The lowest BCUT2D eigenvalue weighted by atomic mass is 10.0. The molecule has 0 bridgehead atoms. The zero-order valence-electron chi connectivity index (χ0n) is 24.6. The minimum Gasteiger partial charge on any atom is -0.454 e. The molecule has 1 saturated heterocycles. The number of likely N-dealkylation sites (N-methyl/N-ethyl adjacent to an activating group) is 1. The predicted molar refractivity (Wildman–Crippen MR) is 164 cm³/mol. The zero-order chi connectivity index (χ0) is 31.2. The van der Waals surface area contributed by atoms with E-state index in [9.17, 15) is 14.0 Å². The molecule has 45 heavy (non-hydrogen) atoms. The van der Waals surface area contributed by atoms with Crippen molar-refractivity contribution in [1.82, 2.24) is 4.98 Å². The number of rotatable bonds is 9. The van der Waals surface area contributed by atoms with Gasteiger partial charge < -0.3 is 29.7 Å². The molecule has 232 valence electrons. The SMILES string of the molecule is CN(CC1COCC2(CC2)O1)c1ccc2c(Oc3ccc(NC(=O)C4(C(=O)Nc5ccc(F)cc5)CC4)cc3F)ccnc2c1. The summed E-state index contributed by atoms with van der Waals surface area (Å²) in [6, 6.07) is 16.9. The van der Waals surface area contributed by atoms with Gasteiger partial charge in [-0.05, 0) is 86.3 Å². The summed E-state index contributed by atoms with van der Waals surface area (Å²) in [5.41, 5.74) is 0.876. The van der Waals surface area contributed by atoms with Crippen LogP contribution in [0.25, 0.3) is 10.9 Å². The lowest BCUT2D eigenvalue weighted by Gasteiger charge is -2.33. The number of nitrogens with zero attached hydrogens (tertiary/aromatic N) is 2. The van der Waals surface area contributed by atoms with Gasteiger partial charge in [0.05, 0.1) is 30.4 Å². The molecule has 7 rings (SSSR count). The Kier molecular flexibility index (Phi) is 7.37. The van der Waals surface area contributed by atoms with E-state index < -0.39 is 28.9 Å². The number of halogens is 2. The van der Waals surface area contributed by atoms with Gasteiger partial charge >= 0.3 is 0 Å². The Hall–Kier alpha value is -4.61. The molecule has 3 aromatic carbocycles. The van der Waals surface area contributed by atoms with E-state index >= 15 is 4.39 Å². The van der Waals surface area contributed by atoms with Crippen molar-refractivity contribution in [2.24, 2.45) is 5.41 Å². The lowest BCUT2D eigenvalue weighted by Crippen LogP contribution is -2.43. The van der Waals surface area contributed by atoms with E-state index in [0.29, 0.717) is 54.9 Å². The number of hydrogen-bond donors (Lipinski definition) is 2. The second kappa shape index (κ2) is 11.4. The monoisotopic (exact) mass is 614 g/mol. The fourth-order valence-corrected chi connectivity index (χ4v) is 5.63. The molecule has 11 heteroatoms. The first-order valence-electron chi connectivity index (χ1n) is 14.9. The Balaban J connectivity index is 1.00. The van der Waals surface area contributed by atoms with E-state index in [1.807, 2.05) is 25.2 Å². The molecule has 2 heterocycles. The third-order valence-corrected chi connectivity index (χ3v) is 8.63. The first-order chi connectivity index (χ1) is 21.7. The molecule has 2 N–H and O–H groups in total. The second-order valence-corrected chi connectivity index (χ2v) is 12.1. The van der Waals surface area contributed by atoms with E-state index in [4.69, 9.17) is 14.2 Å². The van der Waals surface area contributed by atoms with E-state index in [0.717, 1.165) is 24.6 Å². The van der Waals surface area contributed by atoms with Gasteiger partial charge in [-0.15, -0.1) is 0 Å². The van der Waals surface area contributed by atoms with Crippen molar-refractivity contribution >= 4 is 39.8 Å². The number of pyridine rings is 1. The lowest BCUT2D eigenvalue weighted by molar-refractivity contribution is -0.148. The largest absolute Gasteiger partial charge is 0.454 e. The van der Waals surface area contributed by atoms with Gasteiger partial charge in [0.25, 0.3) is 0 Å². The van der Waals surface area contributed by atoms with Crippen LogP contribution in [0.4, 0.5) is 25.8 Å². The highest BCUT2D eigenvalue weighted by Gasteiger charge is 2.56. The molecule has 1 spiro atoms. The molecule has 9 nitrogen and oxygen atoms in total. The molecule has 4 aromatic rings. The molecule has 1 aromatic heterocycles. The van der Waals surface area contributed by atoms with Crippen molar-refractivity contribution in [3.63, 3.8) is 0 Å². The summed E-state index contributed by atoms with van der Waals surface area (Å²) in [7, 11) is 2.00. The normalized spacial score (nSPS) is 19.1. The Morgan fingerprint density at radius 3 is 2.38 bits per heavy atom. The minimum absolute atomic E-state index is 0.00584. The van der Waals surface area contributed by atoms with Crippen LogP contribution in [0.3, 0.4) is 0 Å². The second-order valence-electron chi connectivity index (χ2n) is 12.1. The molecule has 1 unspecified atom stereocenters. The summed E-state index contributed by atoms with van der Waals surface area (Å²) in [6.07, 6.45) is 4.40. The van der Waals surface area contributed by atoms with Crippen LogP contribution in [0, 0.1) is 17.0 Å². The number of carbonyl (C=O) groups excluding carboxylic acids is 2. The maximum atomic E-state index is 15.2. The number of aromatic nitrogens is 1. The van der Waals surface area contributed by atoms with Gasteiger partial charge in [-0.2, -0.15) is 0 Å². The van der Waals surface area contributed by atoms with Crippen molar-refractivity contribution in [2.75, 3.05) is 42.3 Å². The third kappa shape index (κ3) is 6.05. The highest BCUT2D eigenvalue weighted by molar-refractivity contribution is 6.16. The summed E-state index contributed by atoms with van der Waals surface area (Å²) in [5, 5.41) is 6.02. The quantitative estimate of drug-likeness (QED) is 0.222. The highest BCUT2D eigenvalue weighted by atomic mass is 19.1. The third-order valence-electron chi connectivity index (χ3n) is 8.63. The molecule has 2 saturated carbocycles. The van der Waals surface area contributed by atoms with Gasteiger partial charge in [0.2, 0.25) is 11.8 Å². The minimum atomic E-state index is -1.26. The number of carbonyl (C=O) groups is 2. The van der Waals surface area contributed by atoms with Crippen molar-refractivity contribution in [2.45, 2.75) is 37.4 Å². The summed E-state index contributed by atoms with van der Waals surface area (Å²) < 4.78 is 46.4. The Labute approximate surface area is 258 Å². The van der Waals surface area contributed by atoms with Crippen LogP contribution in [0.1, 0.15) is 25.7 Å². The van der Waals surface area contributed by atoms with Crippen molar-refractivity contribution < 1.29 is 32.6 Å². The first-order valence-corrected chi connectivity index (χ1v) is 14.9. The van der Waals surface area contributed by atoms with E-state index in [1.54, 1.807) is 12.3 Å². The molecule has 3 aliphatic rings. The van der Waals surface area contributed by atoms with Crippen molar-refractivity contribution in [3.05, 3.63) is 84.6 Å². The van der Waals surface area contributed by atoms with Gasteiger partial charge in [0.1, 0.15) is 17.0 Å². The number of fused-ring (bicyclic) bond motifs is 1. The molecule has 1 aliphatic heterocycles. The number of anilines is 3. The summed E-state index contributed by atoms with van der Waals surface area (Å²) in [4.78, 5) is 32.5. The van der Waals surface area contributed by atoms with Gasteiger partial charge in [-0.25, -0.2) is 8.78 Å². The van der Waals surface area contributed by atoms with Crippen LogP contribution < -0.4 is 20.3 Å². The average Bonchev–Trinajstić information content (AvgIpc) is 3.97. The molecule has 1 atom stereocenters. The van der Waals surface area contributed by atoms with Crippen LogP contribution in [-0.2, 0) is 19.1 Å². The molecular weight excluding hydrogens is 582 g/mol. The van der Waals surface area contributed by atoms with Crippen molar-refractivity contribution in [3.8, 4) is 11.5 Å². The Morgan fingerprint density at radius 2 is 1.67 bits per heavy atom. The average molecular weight is 615 g/mol. The van der Waals surface area contributed by atoms with Crippen LogP contribution in [0.5, 0.6) is 11.5 Å². The van der Waals surface area contributed by atoms with Gasteiger partial charge in [-0.1, -0.05) is 0 Å². The van der Waals surface area contributed by atoms with E-state index in [1.165, 1.54) is 36.4 Å². The maximum Gasteiger partial charge on any atom is 0.240 e. The molecular formula is C34H32F2N4O5. The van der Waals surface area contributed by atoms with Crippen LogP contribution in [0.2, 0.25) is 0 Å². The van der Waals surface area contributed by atoms with Crippen LogP contribution in [-0.4, -0.2) is 55.3 Å². The number of hydrogen-bond acceptors (Lipinski definition) is 7. The van der Waals surface area contributed by atoms with E-state index in [2.05, 4.69) is 20.5 Å². The van der Waals surface area contributed by atoms with Crippen LogP contribution >= 0.6 is 0 Å².